The zero-order valence-corrected chi connectivity index (χ0v) is 17.4. The molecule has 0 spiro atoms. The van der Waals surface area contributed by atoms with Gasteiger partial charge in [-0.25, -0.2) is 0 Å². The van der Waals surface area contributed by atoms with Crippen LogP contribution in [0.25, 0.3) is 10.9 Å². The number of carbonyl (C=O) groups is 1. The summed E-state index contributed by atoms with van der Waals surface area (Å²) in [7, 11) is 0. The smallest absolute Gasteiger partial charge is 0.253 e. The number of hydrogen-bond acceptors (Lipinski definition) is 3. The fraction of sp³-hybridized carbons (Fsp3) is 0.565. The highest BCUT2D eigenvalue weighted by Crippen LogP contribution is 2.41. The molecular weight excluding hydrogens is 372 g/mol. The molecule has 0 saturated heterocycles. The molecule has 2 aliphatic rings. The van der Waals surface area contributed by atoms with Crippen LogP contribution in [0.5, 0.6) is 0 Å². The molecule has 0 radical (unpaired) electrons. The molecule has 1 amide bonds. The number of amides is 1. The first-order valence-corrected chi connectivity index (χ1v) is 10.8. The Labute approximate surface area is 173 Å². The van der Waals surface area contributed by atoms with E-state index in [2.05, 4.69) is 16.4 Å². The molecule has 0 aliphatic heterocycles. The number of hydrogen-bond donors (Lipinski definition) is 2. The molecule has 1 aromatic carbocycles. The molecule has 1 heterocycles. The zero-order valence-electron chi connectivity index (χ0n) is 16.7. The molecule has 0 unspecified atom stereocenters. The van der Waals surface area contributed by atoms with E-state index in [9.17, 15) is 9.90 Å². The predicted molar refractivity (Wildman–Crippen MR) is 115 cm³/mol. The van der Waals surface area contributed by atoms with Gasteiger partial charge in [0.25, 0.3) is 5.91 Å². The maximum absolute atomic E-state index is 12.7. The molecule has 2 N–H and O–H groups in total. The minimum atomic E-state index is -0.644. The van der Waals surface area contributed by atoms with Crippen LogP contribution in [0, 0.1) is 5.92 Å². The summed E-state index contributed by atoms with van der Waals surface area (Å²) in [4.78, 5) is 17.2. The minimum Gasteiger partial charge on any atom is -0.390 e. The summed E-state index contributed by atoms with van der Waals surface area (Å²) in [6.07, 6.45) is 8.99. The quantitative estimate of drug-likeness (QED) is 0.713. The second-order valence-corrected chi connectivity index (χ2v) is 9.50. The minimum absolute atomic E-state index is 0. The maximum atomic E-state index is 12.7. The van der Waals surface area contributed by atoms with Crippen LogP contribution >= 0.6 is 11.6 Å². The van der Waals surface area contributed by atoms with E-state index in [1.54, 1.807) is 6.20 Å². The highest BCUT2D eigenvalue weighted by atomic mass is 35.5. The van der Waals surface area contributed by atoms with E-state index in [1.165, 1.54) is 24.8 Å². The van der Waals surface area contributed by atoms with Crippen molar-refractivity contribution in [1.82, 2.24) is 10.3 Å². The normalized spacial score (nSPS) is 23.4. The molecule has 0 atom stereocenters. The Bertz CT molecular complexity index is 884. The molecular formula is C23H31ClN2O2. The summed E-state index contributed by atoms with van der Waals surface area (Å²) >= 11 is 6.50. The third-order valence-corrected chi connectivity index (χ3v) is 7.00. The Balaban J connectivity index is 0.00000240. The Morgan fingerprint density at radius 3 is 2.50 bits per heavy atom. The first-order chi connectivity index (χ1) is 13.3. The van der Waals surface area contributed by atoms with Crippen LogP contribution in [0.4, 0.5) is 0 Å². The van der Waals surface area contributed by atoms with Gasteiger partial charge >= 0.3 is 0 Å². The average molecular weight is 403 g/mol. The van der Waals surface area contributed by atoms with Gasteiger partial charge < -0.3 is 10.4 Å². The van der Waals surface area contributed by atoms with E-state index >= 15 is 0 Å². The number of aliphatic hydroxyl groups is 1. The lowest BCUT2D eigenvalue weighted by Gasteiger charge is -2.36. The van der Waals surface area contributed by atoms with Crippen molar-refractivity contribution in [2.75, 3.05) is 0 Å². The van der Waals surface area contributed by atoms with Crippen molar-refractivity contribution in [2.24, 2.45) is 5.92 Å². The van der Waals surface area contributed by atoms with Gasteiger partial charge in [0.05, 0.1) is 16.7 Å². The van der Waals surface area contributed by atoms with Crippen LogP contribution in [0.2, 0.25) is 5.02 Å². The van der Waals surface area contributed by atoms with Crippen molar-refractivity contribution in [3.05, 3.63) is 40.5 Å². The number of benzene rings is 1. The van der Waals surface area contributed by atoms with Crippen molar-refractivity contribution in [2.45, 2.75) is 76.4 Å². The van der Waals surface area contributed by atoms with Crippen LogP contribution in [0.15, 0.2) is 24.4 Å². The van der Waals surface area contributed by atoms with E-state index in [0.717, 1.165) is 41.6 Å². The fourth-order valence-corrected chi connectivity index (χ4v) is 4.86. The van der Waals surface area contributed by atoms with Crippen LogP contribution < -0.4 is 5.32 Å². The van der Waals surface area contributed by atoms with Crippen molar-refractivity contribution in [3.8, 4) is 0 Å². The lowest BCUT2D eigenvalue weighted by atomic mass is 9.77. The molecule has 0 bridgehead atoms. The predicted octanol–water partition coefficient (Wildman–Crippen LogP) is 5.46. The maximum Gasteiger partial charge on any atom is 0.253 e. The number of nitrogens with one attached hydrogen (secondary N) is 1. The number of pyridine rings is 1. The van der Waals surface area contributed by atoms with Gasteiger partial charge in [0, 0.05) is 24.1 Å². The largest absolute Gasteiger partial charge is 0.390 e. The molecule has 28 heavy (non-hydrogen) atoms. The molecule has 5 heteroatoms. The van der Waals surface area contributed by atoms with E-state index in [-0.39, 0.29) is 13.4 Å². The summed E-state index contributed by atoms with van der Waals surface area (Å²) in [5, 5.41) is 15.0. The Morgan fingerprint density at radius 1 is 1.18 bits per heavy atom. The molecule has 2 saturated carbocycles. The fourth-order valence-electron chi connectivity index (χ4n) is 4.53. The van der Waals surface area contributed by atoms with E-state index in [0.29, 0.717) is 17.4 Å². The van der Waals surface area contributed by atoms with Gasteiger partial charge in [-0.05, 0) is 88.0 Å². The van der Waals surface area contributed by atoms with Gasteiger partial charge in [-0.1, -0.05) is 18.0 Å². The third-order valence-electron chi connectivity index (χ3n) is 6.67. The molecule has 2 aliphatic carbocycles. The second kappa shape index (κ2) is 7.64. The van der Waals surface area contributed by atoms with Crippen LogP contribution in [0.3, 0.4) is 0 Å². The molecule has 4 nitrogen and oxygen atoms in total. The SMILES string of the molecule is CC(C)(O)C1CCC(NC(=O)c2cnc3cc(C4CCC4)c(Cl)cc3c2)CC1.[HH]. The number of aromatic nitrogens is 1. The standard InChI is InChI=1S/C23H29ClN2O2.H2/c1-23(2,28)17-6-8-18(9-7-17)26-22(27)16-10-15-11-20(24)19(14-4-3-5-14)12-21(15)25-13-16;/h10-14,17-18,28H,3-9H2,1-2H3,(H,26,27);1H. The van der Waals surface area contributed by atoms with Crippen LogP contribution in [-0.2, 0) is 0 Å². The molecule has 152 valence electrons. The lowest BCUT2D eigenvalue weighted by Crippen LogP contribution is -2.41. The number of rotatable bonds is 4. The highest BCUT2D eigenvalue weighted by Gasteiger charge is 2.32. The van der Waals surface area contributed by atoms with Crippen LogP contribution in [-0.4, -0.2) is 27.6 Å². The van der Waals surface area contributed by atoms with Gasteiger partial charge in [-0.2, -0.15) is 0 Å². The van der Waals surface area contributed by atoms with E-state index < -0.39 is 5.60 Å². The molecule has 2 fully saturated rings. The Kier molecular flexibility index (Phi) is 5.36. The number of carbonyl (C=O) groups excluding carboxylic acids is 1. The summed E-state index contributed by atoms with van der Waals surface area (Å²) < 4.78 is 0. The Hall–Kier alpha value is -1.65. The highest BCUT2D eigenvalue weighted by molar-refractivity contribution is 6.32. The first kappa shape index (κ1) is 19.7. The number of halogens is 1. The first-order valence-electron chi connectivity index (χ1n) is 10.4. The van der Waals surface area contributed by atoms with Crippen LogP contribution in [0.1, 0.15) is 82.1 Å². The molecule has 4 rings (SSSR count). The average Bonchev–Trinajstić information content (AvgIpc) is 2.60. The zero-order chi connectivity index (χ0) is 19.9. The second-order valence-electron chi connectivity index (χ2n) is 9.09. The Morgan fingerprint density at radius 2 is 1.89 bits per heavy atom. The van der Waals surface area contributed by atoms with E-state index in [1.807, 2.05) is 26.0 Å². The monoisotopic (exact) mass is 402 g/mol. The van der Waals surface area contributed by atoms with Gasteiger partial charge in [-0.15, -0.1) is 0 Å². The van der Waals surface area contributed by atoms with Crippen molar-refractivity contribution in [3.63, 3.8) is 0 Å². The summed E-state index contributed by atoms with van der Waals surface area (Å²) in [6.45, 7) is 3.75. The van der Waals surface area contributed by atoms with Crippen molar-refractivity contribution >= 4 is 28.4 Å². The summed E-state index contributed by atoms with van der Waals surface area (Å²) in [5.41, 5.74) is 2.02. The summed E-state index contributed by atoms with van der Waals surface area (Å²) in [6, 6.07) is 6.08. The molecule has 1 aromatic heterocycles. The van der Waals surface area contributed by atoms with Gasteiger partial charge in [0.2, 0.25) is 0 Å². The topological polar surface area (TPSA) is 62.2 Å². The van der Waals surface area contributed by atoms with Gasteiger partial charge in [0.1, 0.15) is 0 Å². The lowest BCUT2D eigenvalue weighted by molar-refractivity contribution is -0.00257. The summed E-state index contributed by atoms with van der Waals surface area (Å²) in [5.74, 6) is 0.774. The van der Waals surface area contributed by atoms with Gasteiger partial charge in [-0.3, -0.25) is 9.78 Å². The number of nitrogens with zero attached hydrogens (tertiary/aromatic N) is 1. The van der Waals surface area contributed by atoms with E-state index in [4.69, 9.17) is 11.6 Å². The number of fused-ring (bicyclic) bond motifs is 1. The van der Waals surface area contributed by atoms with Crippen molar-refractivity contribution in [1.29, 1.82) is 0 Å². The van der Waals surface area contributed by atoms with Crippen molar-refractivity contribution < 1.29 is 11.3 Å². The van der Waals surface area contributed by atoms with Gasteiger partial charge in [0.15, 0.2) is 0 Å². The molecule has 2 aromatic rings. The third kappa shape index (κ3) is 4.04.